The number of rotatable bonds is 6. The summed E-state index contributed by atoms with van der Waals surface area (Å²) in [5, 5.41) is 16.7. The van der Waals surface area contributed by atoms with Crippen molar-refractivity contribution < 1.29 is 9.90 Å². The predicted molar refractivity (Wildman–Crippen MR) is 75.9 cm³/mol. The molecule has 2 N–H and O–H groups in total. The molecule has 0 saturated carbocycles. The Hall–Kier alpha value is -2.14. The number of nitrogens with one attached hydrogen (secondary N) is 1. The van der Waals surface area contributed by atoms with Gasteiger partial charge in [0.2, 0.25) is 0 Å². The van der Waals surface area contributed by atoms with Gasteiger partial charge >= 0.3 is 0 Å². The summed E-state index contributed by atoms with van der Waals surface area (Å²) in [5.41, 5.74) is 1.75. The minimum atomic E-state index is -1.10. The molecule has 106 valence electrons. The highest BCUT2D eigenvalue weighted by molar-refractivity contribution is 5.81. The molecule has 0 spiro atoms. The van der Waals surface area contributed by atoms with Crippen LogP contribution in [0.2, 0.25) is 0 Å². The van der Waals surface area contributed by atoms with Crippen LogP contribution in [0, 0.1) is 0 Å². The van der Waals surface area contributed by atoms with Gasteiger partial charge in [0.05, 0.1) is 6.20 Å². The van der Waals surface area contributed by atoms with E-state index in [0.717, 1.165) is 18.4 Å². The molecule has 1 unspecified atom stereocenters. The molecule has 2 rings (SSSR count). The molecule has 0 aliphatic heterocycles. The van der Waals surface area contributed by atoms with Crippen LogP contribution < -0.4 is 5.32 Å². The topological polar surface area (TPSA) is 67.2 Å². The number of aryl methyl sites for hydroxylation is 2. The Morgan fingerprint density at radius 2 is 2.15 bits per heavy atom. The van der Waals surface area contributed by atoms with Crippen LogP contribution in [-0.2, 0) is 18.3 Å². The van der Waals surface area contributed by atoms with E-state index in [0.29, 0.717) is 12.1 Å². The van der Waals surface area contributed by atoms with Crippen molar-refractivity contribution in [3.8, 4) is 0 Å². The van der Waals surface area contributed by atoms with Crippen LogP contribution in [-0.4, -0.2) is 27.3 Å². The molecule has 0 radical (unpaired) electrons. The summed E-state index contributed by atoms with van der Waals surface area (Å²) in [7, 11) is 1.88. The number of benzene rings is 1. The van der Waals surface area contributed by atoms with Gasteiger partial charge in [0.15, 0.2) is 6.10 Å². The maximum Gasteiger partial charge on any atom is 0.253 e. The van der Waals surface area contributed by atoms with Crippen LogP contribution in [0.3, 0.4) is 0 Å². The summed E-state index contributed by atoms with van der Waals surface area (Å²) in [6.07, 6.45) is 4.35. The molecule has 0 aliphatic carbocycles. The summed E-state index contributed by atoms with van der Waals surface area (Å²) in [6, 6.07) is 8.92. The fourth-order valence-electron chi connectivity index (χ4n) is 1.99. The van der Waals surface area contributed by atoms with Gasteiger partial charge in [-0.1, -0.05) is 30.3 Å². The number of carbonyl (C=O) groups is 1. The van der Waals surface area contributed by atoms with Crippen LogP contribution >= 0.6 is 0 Å². The first-order chi connectivity index (χ1) is 9.66. The number of aliphatic hydroxyl groups excluding tert-OH is 1. The second-order valence-corrected chi connectivity index (χ2v) is 4.73. The van der Waals surface area contributed by atoms with Gasteiger partial charge < -0.3 is 10.4 Å². The van der Waals surface area contributed by atoms with Gasteiger partial charge in [-0.2, -0.15) is 5.10 Å². The molecule has 5 nitrogen and oxygen atoms in total. The van der Waals surface area contributed by atoms with E-state index in [2.05, 4.69) is 10.4 Å². The molecule has 1 heterocycles. The van der Waals surface area contributed by atoms with Gasteiger partial charge in [-0.15, -0.1) is 0 Å². The van der Waals surface area contributed by atoms with Crippen molar-refractivity contribution >= 4 is 5.91 Å². The Labute approximate surface area is 118 Å². The van der Waals surface area contributed by atoms with Gasteiger partial charge in [0, 0.05) is 19.8 Å². The first kappa shape index (κ1) is 14.3. The molecule has 0 saturated heterocycles. The molecule has 20 heavy (non-hydrogen) atoms. The average molecular weight is 273 g/mol. The van der Waals surface area contributed by atoms with Crippen molar-refractivity contribution in [1.29, 1.82) is 0 Å². The first-order valence-electron chi connectivity index (χ1n) is 6.65. The Balaban J connectivity index is 1.72. The normalized spacial score (nSPS) is 12.1. The molecule has 5 heteroatoms. The lowest BCUT2D eigenvalue weighted by Crippen LogP contribution is -2.30. The second kappa shape index (κ2) is 6.86. The molecular weight excluding hydrogens is 254 g/mol. The van der Waals surface area contributed by atoms with Gasteiger partial charge in [0.1, 0.15) is 0 Å². The third-order valence-corrected chi connectivity index (χ3v) is 3.06. The number of hydrogen-bond donors (Lipinski definition) is 2. The highest BCUT2D eigenvalue weighted by Gasteiger charge is 2.15. The van der Waals surface area contributed by atoms with E-state index in [1.807, 2.05) is 25.5 Å². The highest BCUT2D eigenvalue weighted by Crippen LogP contribution is 2.11. The van der Waals surface area contributed by atoms with Gasteiger partial charge in [-0.25, -0.2) is 0 Å². The summed E-state index contributed by atoms with van der Waals surface area (Å²) >= 11 is 0. The van der Waals surface area contributed by atoms with Crippen LogP contribution in [0.5, 0.6) is 0 Å². The number of amides is 1. The minimum absolute atomic E-state index is 0.359. The number of aliphatic hydroxyl groups is 1. The summed E-state index contributed by atoms with van der Waals surface area (Å²) in [5.74, 6) is -0.359. The fourth-order valence-corrected chi connectivity index (χ4v) is 1.99. The molecule has 1 amide bonds. The van der Waals surface area contributed by atoms with Crippen molar-refractivity contribution in [2.45, 2.75) is 18.9 Å². The molecule has 0 aliphatic rings. The maximum atomic E-state index is 11.8. The SMILES string of the molecule is Cn1cc(CCCNC(=O)C(O)c2ccccc2)cn1. The number of carbonyl (C=O) groups excluding carboxylic acids is 1. The molecule has 2 aromatic rings. The number of aromatic nitrogens is 2. The van der Waals surface area contributed by atoms with E-state index < -0.39 is 6.10 Å². The van der Waals surface area contributed by atoms with Crippen molar-refractivity contribution in [3.63, 3.8) is 0 Å². The molecule has 0 bridgehead atoms. The quantitative estimate of drug-likeness (QED) is 0.777. The Kier molecular flexibility index (Phi) is 4.90. The predicted octanol–water partition coefficient (Wildman–Crippen LogP) is 1.20. The smallest absolute Gasteiger partial charge is 0.253 e. The number of nitrogens with zero attached hydrogens (tertiary/aromatic N) is 2. The first-order valence-corrected chi connectivity index (χ1v) is 6.65. The standard InChI is InChI=1S/C15H19N3O2/c1-18-11-12(10-17-18)6-5-9-16-15(20)14(19)13-7-3-2-4-8-13/h2-4,7-8,10-11,14,19H,5-6,9H2,1H3,(H,16,20). The van der Waals surface area contributed by atoms with E-state index >= 15 is 0 Å². The minimum Gasteiger partial charge on any atom is -0.378 e. The maximum absolute atomic E-state index is 11.8. The molecule has 1 atom stereocenters. The Bertz CT molecular complexity index is 551. The number of hydrogen-bond acceptors (Lipinski definition) is 3. The molecule has 1 aromatic heterocycles. The lowest BCUT2D eigenvalue weighted by atomic mass is 10.1. The third-order valence-electron chi connectivity index (χ3n) is 3.06. The third kappa shape index (κ3) is 3.93. The van der Waals surface area contributed by atoms with E-state index in [1.54, 1.807) is 28.9 Å². The molecular formula is C15H19N3O2. The van der Waals surface area contributed by atoms with Crippen molar-refractivity contribution in [2.75, 3.05) is 6.54 Å². The molecule has 0 fully saturated rings. The van der Waals surface area contributed by atoms with Crippen LogP contribution in [0.4, 0.5) is 0 Å². The summed E-state index contributed by atoms with van der Waals surface area (Å²) in [4.78, 5) is 11.8. The highest BCUT2D eigenvalue weighted by atomic mass is 16.3. The molecule has 1 aromatic carbocycles. The van der Waals surface area contributed by atoms with E-state index in [4.69, 9.17) is 0 Å². The van der Waals surface area contributed by atoms with Crippen molar-refractivity contribution in [3.05, 3.63) is 53.9 Å². The van der Waals surface area contributed by atoms with E-state index in [9.17, 15) is 9.90 Å². The van der Waals surface area contributed by atoms with Crippen LogP contribution in [0.1, 0.15) is 23.7 Å². The van der Waals surface area contributed by atoms with E-state index in [-0.39, 0.29) is 5.91 Å². The summed E-state index contributed by atoms with van der Waals surface area (Å²) in [6.45, 7) is 0.539. The second-order valence-electron chi connectivity index (χ2n) is 4.73. The zero-order valence-electron chi connectivity index (χ0n) is 11.5. The Morgan fingerprint density at radius 3 is 2.80 bits per heavy atom. The zero-order valence-corrected chi connectivity index (χ0v) is 11.5. The average Bonchev–Trinajstić information content (AvgIpc) is 2.89. The van der Waals surface area contributed by atoms with Crippen LogP contribution in [0.25, 0.3) is 0 Å². The summed E-state index contributed by atoms with van der Waals surface area (Å²) < 4.78 is 1.76. The van der Waals surface area contributed by atoms with Crippen molar-refractivity contribution in [1.82, 2.24) is 15.1 Å². The van der Waals surface area contributed by atoms with Crippen molar-refractivity contribution in [2.24, 2.45) is 7.05 Å². The fraction of sp³-hybridized carbons (Fsp3) is 0.333. The van der Waals surface area contributed by atoms with Gasteiger partial charge in [0.25, 0.3) is 5.91 Å². The lowest BCUT2D eigenvalue weighted by molar-refractivity contribution is -0.129. The lowest BCUT2D eigenvalue weighted by Gasteiger charge is -2.11. The zero-order chi connectivity index (χ0) is 14.4. The van der Waals surface area contributed by atoms with E-state index in [1.165, 1.54) is 0 Å². The van der Waals surface area contributed by atoms with Gasteiger partial charge in [-0.05, 0) is 24.0 Å². The monoisotopic (exact) mass is 273 g/mol. The van der Waals surface area contributed by atoms with Gasteiger partial charge in [-0.3, -0.25) is 9.48 Å². The largest absolute Gasteiger partial charge is 0.378 e. The van der Waals surface area contributed by atoms with Crippen LogP contribution in [0.15, 0.2) is 42.7 Å². The Morgan fingerprint density at radius 1 is 1.40 bits per heavy atom.